The number of rotatable bonds is 1. The van der Waals surface area contributed by atoms with Crippen LogP contribution in [0.1, 0.15) is 44.3 Å². The number of fused-ring (bicyclic) bond motifs is 1. The standard InChI is InChI=1S/C14H22N4/c1-10-16-13(15)9-14(17-10)18-8-4-6-11-5-2-3-7-12(11)18/h9,11-12H,2-8H2,1H3,(H2,15,16,17). The molecule has 2 unspecified atom stereocenters. The number of aromatic nitrogens is 2. The van der Waals surface area contributed by atoms with Crippen LogP contribution >= 0.6 is 0 Å². The van der Waals surface area contributed by atoms with E-state index in [0.717, 1.165) is 24.1 Å². The predicted molar refractivity (Wildman–Crippen MR) is 73.5 cm³/mol. The summed E-state index contributed by atoms with van der Waals surface area (Å²) in [5.41, 5.74) is 5.86. The Kier molecular flexibility index (Phi) is 3.10. The number of hydrogen-bond acceptors (Lipinski definition) is 4. The summed E-state index contributed by atoms with van der Waals surface area (Å²) in [6, 6.07) is 2.62. The van der Waals surface area contributed by atoms with Gasteiger partial charge in [-0.15, -0.1) is 0 Å². The largest absolute Gasteiger partial charge is 0.384 e. The van der Waals surface area contributed by atoms with Crippen molar-refractivity contribution in [2.75, 3.05) is 17.2 Å². The van der Waals surface area contributed by atoms with Gasteiger partial charge in [0.25, 0.3) is 0 Å². The van der Waals surface area contributed by atoms with Crippen LogP contribution in [-0.2, 0) is 0 Å². The number of piperidine rings is 1. The zero-order chi connectivity index (χ0) is 12.5. The zero-order valence-corrected chi connectivity index (χ0v) is 11.1. The van der Waals surface area contributed by atoms with Crippen molar-refractivity contribution in [3.8, 4) is 0 Å². The summed E-state index contributed by atoms with van der Waals surface area (Å²) < 4.78 is 0. The normalized spacial score (nSPS) is 27.9. The van der Waals surface area contributed by atoms with Crippen molar-refractivity contribution in [1.82, 2.24) is 9.97 Å². The van der Waals surface area contributed by atoms with Gasteiger partial charge in [0.1, 0.15) is 17.5 Å². The molecule has 4 heteroatoms. The van der Waals surface area contributed by atoms with E-state index in [0.29, 0.717) is 11.9 Å². The molecule has 1 aliphatic carbocycles. The Morgan fingerprint density at radius 2 is 1.94 bits per heavy atom. The van der Waals surface area contributed by atoms with E-state index in [1.165, 1.54) is 38.5 Å². The van der Waals surface area contributed by atoms with Crippen LogP contribution in [0.25, 0.3) is 0 Å². The smallest absolute Gasteiger partial charge is 0.134 e. The number of anilines is 2. The molecule has 1 saturated heterocycles. The van der Waals surface area contributed by atoms with Gasteiger partial charge in [0.05, 0.1) is 0 Å². The highest BCUT2D eigenvalue weighted by molar-refractivity contribution is 5.48. The number of nitrogen functional groups attached to an aromatic ring is 1. The Labute approximate surface area is 109 Å². The zero-order valence-electron chi connectivity index (χ0n) is 11.1. The third-order valence-electron chi connectivity index (χ3n) is 4.38. The summed E-state index contributed by atoms with van der Waals surface area (Å²) in [6.07, 6.45) is 8.14. The summed E-state index contributed by atoms with van der Waals surface area (Å²) in [4.78, 5) is 11.2. The summed E-state index contributed by atoms with van der Waals surface area (Å²) in [7, 11) is 0. The molecule has 0 spiro atoms. The Balaban J connectivity index is 1.89. The second-order valence-electron chi connectivity index (χ2n) is 5.65. The molecule has 2 N–H and O–H groups in total. The fraction of sp³-hybridized carbons (Fsp3) is 0.714. The van der Waals surface area contributed by atoms with E-state index in [1.807, 2.05) is 13.0 Å². The first-order valence-corrected chi connectivity index (χ1v) is 7.12. The van der Waals surface area contributed by atoms with Gasteiger partial charge in [0.15, 0.2) is 0 Å². The van der Waals surface area contributed by atoms with Crippen molar-refractivity contribution in [3.05, 3.63) is 11.9 Å². The van der Waals surface area contributed by atoms with Gasteiger partial charge in [-0.1, -0.05) is 12.8 Å². The minimum Gasteiger partial charge on any atom is -0.384 e. The van der Waals surface area contributed by atoms with Gasteiger partial charge < -0.3 is 10.6 Å². The van der Waals surface area contributed by atoms with Crippen LogP contribution in [-0.4, -0.2) is 22.6 Å². The molecular weight excluding hydrogens is 224 g/mol. The lowest BCUT2D eigenvalue weighted by molar-refractivity contribution is 0.242. The highest BCUT2D eigenvalue weighted by Gasteiger charge is 2.33. The number of hydrogen-bond donors (Lipinski definition) is 1. The van der Waals surface area contributed by atoms with Gasteiger partial charge >= 0.3 is 0 Å². The molecule has 2 fully saturated rings. The fourth-order valence-corrected chi connectivity index (χ4v) is 3.63. The highest BCUT2D eigenvalue weighted by Crippen LogP contribution is 2.37. The molecule has 0 radical (unpaired) electrons. The van der Waals surface area contributed by atoms with E-state index in [-0.39, 0.29) is 0 Å². The van der Waals surface area contributed by atoms with Crippen LogP contribution in [0.5, 0.6) is 0 Å². The summed E-state index contributed by atoms with van der Waals surface area (Å²) in [5, 5.41) is 0. The molecule has 98 valence electrons. The minimum absolute atomic E-state index is 0.593. The van der Waals surface area contributed by atoms with Gasteiger partial charge in [0, 0.05) is 18.7 Å². The predicted octanol–water partition coefficient (Wildman–Crippen LogP) is 2.53. The van der Waals surface area contributed by atoms with Crippen LogP contribution in [0, 0.1) is 12.8 Å². The van der Waals surface area contributed by atoms with Crippen molar-refractivity contribution in [2.45, 2.75) is 51.5 Å². The van der Waals surface area contributed by atoms with Crippen LogP contribution in [0.3, 0.4) is 0 Å². The Hall–Kier alpha value is -1.32. The number of nitrogens with zero attached hydrogens (tertiary/aromatic N) is 3. The summed E-state index contributed by atoms with van der Waals surface area (Å²) in [5.74, 6) is 3.28. The molecule has 0 aromatic carbocycles. The van der Waals surface area contributed by atoms with Crippen molar-refractivity contribution in [3.63, 3.8) is 0 Å². The van der Waals surface area contributed by atoms with E-state index in [2.05, 4.69) is 14.9 Å². The third-order valence-corrected chi connectivity index (χ3v) is 4.38. The van der Waals surface area contributed by atoms with Crippen LogP contribution in [0.2, 0.25) is 0 Å². The van der Waals surface area contributed by atoms with Crippen LogP contribution < -0.4 is 10.6 Å². The maximum atomic E-state index is 5.86. The van der Waals surface area contributed by atoms with Crippen molar-refractivity contribution < 1.29 is 0 Å². The van der Waals surface area contributed by atoms with Gasteiger partial charge in [-0.05, 0) is 38.5 Å². The Morgan fingerprint density at radius 1 is 1.17 bits per heavy atom. The van der Waals surface area contributed by atoms with Gasteiger partial charge in [-0.3, -0.25) is 0 Å². The number of nitrogens with two attached hydrogens (primary N) is 1. The molecule has 1 saturated carbocycles. The monoisotopic (exact) mass is 246 g/mol. The fourth-order valence-electron chi connectivity index (χ4n) is 3.63. The molecular formula is C14H22N4. The molecule has 2 heterocycles. The van der Waals surface area contributed by atoms with E-state index >= 15 is 0 Å². The average Bonchev–Trinajstić information content (AvgIpc) is 2.37. The second kappa shape index (κ2) is 4.75. The molecule has 2 atom stereocenters. The number of aryl methyl sites for hydroxylation is 1. The lowest BCUT2D eigenvalue weighted by atomic mass is 9.78. The molecule has 1 aliphatic heterocycles. The van der Waals surface area contributed by atoms with Crippen molar-refractivity contribution in [2.24, 2.45) is 5.92 Å². The lowest BCUT2D eigenvalue weighted by Crippen LogP contribution is -2.47. The summed E-state index contributed by atoms with van der Waals surface area (Å²) >= 11 is 0. The molecule has 18 heavy (non-hydrogen) atoms. The molecule has 3 rings (SSSR count). The summed E-state index contributed by atoms with van der Waals surface area (Å²) in [6.45, 7) is 3.04. The maximum Gasteiger partial charge on any atom is 0.134 e. The van der Waals surface area contributed by atoms with Crippen molar-refractivity contribution >= 4 is 11.6 Å². The molecule has 1 aromatic heterocycles. The van der Waals surface area contributed by atoms with Crippen LogP contribution in [0.4, 0.5) is 11.6 Å². The van der Waals surface area contributed by atoms with Crippen molar-refractivity contribution in [1.29, 1.82) is 0 Å². The van der Waals surface area contributed by atoms with Gasteiger partial charge in [0.2, 0.25) is 0 Å². The molecule has 1 aromatic rings. The van der Waals surface area contributed by atoms with Gasteiger partial charge in [-0.25, -0.2) is 9.97 Å². The van der Waals surface area contributed by atoms with E-state index in [4.69, 9.17) is 5.73 Å². The molecule has 2 aliphatic rings. The second-order valence-corrected chi connectivity index (χ2v) is 5.65. The lowest BCUT2D eigenvalue weighted by Gasteiger charge is -2.44. The maximum absolute atomic E-state index is 5.86. The Bertz CT molecular complexity index is 410. The van der Waals surface area contributed by atoms with E-state index in [1.54, 1.807) is 0 Å². The first-order chi connectivity index (χ1) is 8.74. The SMILES string of the molecule is Cc1nc(N)cc(N2CCCC3CCCCC32)n1. The minimum atomic E-state index is 0.593. The highest BCUT2D eigenvalue weighted by atomic mass is 15.2. The van der Waals surface area contributed by atoms with Crippen LogP contribution in [0.15, 0.2) is 6.07 Å². The molecule has 4 nitrogen and oxygen atoms in total. The Morgan fingerprint density at radius 3 is 2.78 bits per heavy atom. The van der Waals surface area contributed by atoms with Gasteiger partial charge in [-0.2, -0.15) is 0 Å². The molecule has 0 bridgehead atoms. The molecule has 0 amide bonds. The first-order valence-electron chi connectivity index (χ1n) is 7.12. The topological polar surface area (TPSA) is 55.0 Å². The quantitative estimate of drug-likeness (QED) is 0.827. The first kappa shape index (κ1) is 11.8. The van der Waals surface area contributed by atoms with E-state index < -0.39 is 0 Å². The van der Waals surface area contributed by atoms with E-state index in [9.17, 15) is 0 Å². The third kappa shape index (κ3) is 2.16. The average molecular weight is 246 g/mol.